The molecule has 2 aliphatic heterocycles. The van der Waals surface area contributed by atoms with Crippen LogP contribution in [0.4, 0.5) is 8.78 Å². The van der Waals surface area contributed by atoms with E-state index in [9.17, 15) is 13.6 Å². The van der Waals surface area contributed by atoms with Crippen LogP contribution in [0.1, 0.15) is 30.0 Å². The van der Waals surface area contributed by atoms with Gasteiger partial charge in [-0.1, -0.05) is 11.8 Å². The first-order valence-corrected chi connectivity index (χ1v) is 10.2. The van der Waals surface area contributed by atoms with Crippen LogP contribution >= 0.6 is 11.8 Å². The number of benzene rings is 2. The normalized spacial score (nSPS) is 23.0. The Morgan fingerprint density at radius 1 is 1.31 bits per heavy atom. The molecule has 1 amide bonds. The molecule has 2 atom stereocenters. The monoisotopic (exact) mass is 417 g/mol. The van der Waals surface area contributed by atoms with Crippen LogP contribution in [-0.2, 0) is 9.67 Å². The zero-order valence-corrected chi connectivity index (χ0v) is 16.9. The Morgan fingerprint density at radius 2 is 2.10 bits per heavy atom. The zero-order valence-electron chi connectivity index (χ0n) is 16.1. The average Bonchev–Trinajstić information content (AvgIpc) is 3.06. The second-order valence-electron chi connectivity index (χ2n) is 7.28. The smallest absolute Gasteiger partial charge is 0.241 e. The van der Waals surface area contributed by atoms with E-state index in [0.717, 1.165) is 5.56 Å². The van der Waals surface area contributed by atoms with Gasteiger partial charge in [-0.15, -0.1) is 0 Å². The SMILES string of the molecule is CC(=O)N1N=C(c2cc(C)cc(F)c2)S[C@@]12c1cc(F)ccc1OC[C@H]2CCN. The van der Waals surface area contributed by atoms with Gasteiger partial charge in [0, 0.05) is 24.0 Å². The highest BCUT2D eigenvalue weighted by molar-refractivity contribution is 8.15. The lowest BCUT2D eigenvalue weighted by molar-refractivity contribution is -0.134. The molecule has 0 aliphatic carbocycles. The summed E-state index contributed by atoms with van der Waals surface area (Å²) < 4.78 is 34.1. The third-order valence-corrected chi connectivity index (χ3v) is 6.73. The number of aryl methyl sites for hydroxylation is 1. The number of thioether (sulfide) groups is 1. The summed E-state index contributed by atoms with van der Waals surface area (Å²) in [5, 5.41) is 6.44. The quantitative estimate of drug-likeness (QED) is 0.826. The number of amides is 1. The summed E-state index contributed by atoms with van der Waals surface area (Å²) in [5.41, 5.74) is 7.70. The minimum Gasteiger partial charge on any atom is -0.493 e. The van der Waals surface area contributed by atoms with E-state index in [1.165, 1.54) is 48.0 Å². The highest BCUT2D eigenvalue weighted by Gasteiger charge is 2.56. The van der Waals surface area contributed by atoms with Gasteiger partial charge in [-0.3, -0.25) is 4.79 Å². The number of fused-ring (bicyclic) bond motifs is 2. The molecule has 0 unspecified atom stereocenters. The molecule has 8 heteroatoms. The van der Waals surface area contributed by atoms with E-state index in [1.54, 1.807) is 13.0 Å². The molecule has 2 heterocycles. The van der Waals surface area contributed by atoms with Gasteiger partial charge in [0.15, 0.2) is 4.87 Å². The summed E-state index contributed by atoms with van der Waals surface area (Å²) in [6, 6.07) is 8.91. The maximum Gasteiger partial charge on any atom is 0.241 e. The Morgan fingerprint density at radius 3 is 2.79 bits per heavy atom. The molecule has 152 valence electrons. The number of rotatable bonds is 3. The molecule has 1 spiro atoms. The Balaban J connectivity index is 1.90. The Kier molecular flexibility index (Phi) is 5.08. The number of nitrogens with zero attached hydrogens (tertiary/aromatic N) is 2. The number of ether oxygens (including phenoxy) is 1. The van der Waals surface area contributed by atoms with Crippen LogP contribution in [0.3, 0.4) is 0 Å². The molecule has 0 saturated carbocycles. The van der Waals surface area contributed by atoms with Crippen molar-refractivity contribution in [2.45, 2.75) is 25.1 Å². The fourth-order valence-corrected chi connectivity index (χ4v) is 5.52. The molecule has 29 heavy (non-hydrogen) atoms. The Labute approximate surface area is 171 Å². The molecule has 5 nitrogen and oxygen atoms in total. The van der Waals surface area contributed by atoms with E-state index >= 15 is 0 Å². The molecule has 0 fully saturated rings. The lowest BCUT2D eigenvalue weighted by atomic mass is 9.86. The first-order chi connectivity index (χ1) is 13.8. The molecule has 0 radical (unpaired) electrons. The maximum absolute atomic E-state index is 14.2. The van der Waals surface area contributed by atoms with Gasteiger partial charge in [-0.2, -0.15) is 5.10 Å². The highest BCUT2D eigenvalue weighted by Crippen LogP contribution is 2.57. The van der Waals surface area contributed by atoms with Crippen molar-refractivity contribution < 1.29 is 18.3 Å². The van der Waals surface area contributed by atoms with E-state index in [0.29, 0.717) is 41.5 Å². The van der Waals surface area contributed by atoms with Gasteiger partial charge in [0.05, 0.1) is 6.61 Å². The predicted molar refractivity (Wildman–Crippen MR) is 109 cm³/mol. The van der Waals surface area contributed by atoms with Crippen LogP contribution in [0.25, 0.3) is 0 Å². The van der Waals surface area contributed by atoms with Crippen LogP contribution in [0, 0.1) is 24.5 Å². The lowest BCUT2D eigenvalue weighted by Crippen LogP contribution is -2.51. The zero-order chi connectivity index (χ0) is 20.8. The fraction of sp³-hybridized carbons (Fsp3) is 0.333. The summed E-state index contributed by atoms with van der Waals surface area (Å²) in [6.07, 6.45) is 0.553. The third-order valence-electron chi connectivity index (χ3n) is 5.18. The van der Waals surface area contributed by atoms with Gasteiger partial charge >= 0.3 is 0 Å². The van der Waals surface area contributed by atoms with Crippen LogP contribution in [0.5, 0.6) is 5.75 Å². The second kappa shape index (κ2) is 7.42. The molecule has 2 aliphatic rings. The number of carbonyl (C=O) groups is 1. The Hall–Kier alpha value is -2.45. The number of carbonyl (C=O) groups excluding carboxylic acids is 1. The van der Waals surface area contributed by atoms with Crippen LogP contribution in [-0.4, -0.2) is 29.1 Å². The maximum atomic E-state index is 14.2. The first-order valence-electron chi connectivity index (χ1n) is 9.34. The van der Waals surface area contributed by atoms with Gasteiger partial charge in [-0.25, -0.2) is 13.8 Å². The molecule has 0 aromatic heterocycles. The predicted octanol–water partition coefficient (Wildman–Crippen LogP) is 3.74. The van der Waals surface area contributed by atoms with E-state index < -0.39 is 10.7 Å². The van der Waals surface area contributed by atoms with Crippen molar-refractivity contribution in [3.05, 3.63) is 64.7 Å². The van der Waals surface area contributed by atoms with Gasteiger partial charge in [0.1, 0.15) is 22.4 Å². The number of nitrogens with two attached hydrogens (primary N) is 1. The number of hydrogen-bond donors (Lipinski definition) is 1. The molecular formula is C21H21F2N3O2S. The van der Waals surface area contributed by atoms with Crippen LogP contribution < -0.4 is 10.5 Å². The lowest BCUT2D eigenvalue weighted by Gasteiger charge is -2.45. The summed E-state index contributed by atoms with van der Waals surface area (Å²) in [6.45, 7) is 3.90. The van der Waals surface area contributed by atoms with E-state index in [4.69, 9.17) is 10.5 Å². The van der Waals surface area contributed by atoms with Crippen molar-refractivity contribution in [1.29, 1.82) is 0 Å². The van der Waals surface area contributed by atoms with Gasteiger partial charge < -0.3 is 10.5 Å². The minimum atomic E-state index is -1.00. The van der Waals surface area contributed by atoms with Crippen molar-refractivity contribution in [3.63, 3.8) is 0 Å². The van der Waals surface area contributed by atoms with E-state index in [-0.39, 0.29) is 17.6 Å². The minimum absolute atomic E-state index is 0.216. The summed E-state index contributed by atoms with van der Waals surface area (Å²) in [5.74, 6) is -0.813. The number of halogens is 2. The third kappa shape index (κ3) is 3.30. The molecule has 4 rings (SSSR count). The number of hydrazone groups is 1. The molecule has 0 bridgehead atoms. The molecular weight excluding hydrogens is 396 g/mol. The van der Waals surface area contributed by atoms with Crippen LogP contribution in [0.2, 0.25) is 0 Å². The van der Waals surface area contributed by atoms with Crippen molar-refractivity contribution in [2.24, 2.45) is 16.8 Å². The van der Waals surface area contributed by atoms with Crippen molar-refractivity contribution in [1.82, 2.24) is 5.01 Å². The van der Waals surface area contributed by atoms with Gasteiger partial charge in [0.2, 0.25) is 5.91 Å². The topological polar surface area (TPSA) is 67.9 Å². The average molecular weight is 417 g/mol. The van der Waals surface area contributed by atoms with E-state index in [1.807, 2.05) is 6.07 Å². The van der Waals surface area contributed by atoms with Crippen molar-refractivity contribution in [3.8, 4) is 5.75 Å². The largest absolute Gasteiger partial charge is 0.493 e. The van der Waals surface area contributed by atoms with Crippen LogP contribution in [0.15, 0.2) is 41.5 Å². The standard InChI is InChI=1S/C21H21F2N3O2S/c1-12-7-14(9-17(23)8-12)20-25-26(13(2)27)21(29-20)15(5-6-24)11-28-19-4-3-16(22)10-18(19)21/h3-4,7-10,15H,5-6,11,24H2,1-2H3/t15-,21+/m1/s1. The molecule has 2 N–H and O–H groups in total. The van der Waals surface area contributed by atoms with Crippen molar-refractivity contribution in [2.75, 3.05) is 13.2 Å². The van der Waals surface area contributed by atoms with Gasteiger partial charge in [0.25, 0.3) is 0 Å². The summed E-state index contributed by atoms with van der Waals surface area (Å²) in [7, 11) is 0. The molecule has 2 aromatic rings. The van der Waals surface area contributed by atoms with Gasteiger partial charge in [-0.05, 0) is 61.9 Å². The second-order valence-corrected chi connectivity index (χ2v) is 8.49. The fourth-order valence-electron chi connectivity index (χ4n) is 3.99. The van der Waals surface area contributed by atoms with E-state index in [2.05, 4.69) is 5.10 Å². The summed E-state index contributed by atoms with van der Waals surface area (Å²) in [4.78, 5) is 11.6. The highest BCUT2D eigenvalue weighted by atomic mass is 32.2. The Bertz CT molecular complexity index is 993. The first kappa shape index (κ1) is 19.8. The molecule has 0 saturated heterocycles. The molecule has 2 aromatic carbocycles. The number of hydrogen-bond acceptors (Lipinski definition) is 5. The summed E-state index contributed by atoms with van der Waals surface area (Å²) >= 11 is 1.33. The van der Waals surface area contributed by atoms with Crippen molar-refractivity contribution >= 4 is 22.7 Å².